The molecule has 2 saturated heterocycles. The van der Waals surface area contributed by atoms with Gasteiger partial charge in [0.1, 0.15) is 0 Å². The van der Waals surface area contributed by atoms with Gasteiger partial charge in [-0.25, -0.2) is 0 Å². The number of morpholine rings is 1. The first kappa shape index (κ1) is 13.8. The number of nitrogens with one attached hydrogen (secondary N) is 2. The van der Waals surface area contributed by atoms with Crippen molar-refractivity contribution in [2.75, 3.05) is 26.4 Å². The molecule has 2 aliphatic rings. The van der Waals surface area contributed by atoms with E-state index in [0.29, 0.717) is 19.1 Å². The highest BCUT2D eigenvalue weighted by atomic mass is 16.5. The van der Waals surface area contributed by atoms with Gasteiger partial charge in [-0.1, -0.05) is 0 Å². The second kappa shape index (κ2) is 7.07. The van der Waals surface area contributed by atoms with Crippen LogP contribution in [0.5, 0.6) is 0 Å². The molecule has 1 amide bonds. The summed E-state index contributed by atoms with van der Waals surface area (Å²) in [5.74, 6) is 0.100. The van der Waals surface area contributed by atoms with Gasteiger partial charge in [-0.05, 0) is 26.2 Å². The highest BCUT2D eigenvalue weighted by Crippen LogP contribution is 2.16. The van der Waals surface area contributed by atoms with E-state index in [1.807, 2.05) is 6.92 Å². The molecule has 3 unspecified atom stereocenters. The first-order chi connectivity index (χ1) is 8.74. The molecular formula is C13H24N2O3. The summed E-state index contributed by atoms with van der Waals surface area (Å²) in [5, 5.41) is 6.33. The van der Waals surface area contributed by atoms with Gasteiger partial charge in [0.2, 0.25) is 5.91 Å². The maximum Gasteiger partial charge on any atom is 0.221 e. The largest absolute Gasteiger partial charge is 0.378 e. The molecule has 0 saturated carbocycles. The Balaban J connectivity index is 1.62. The standard InChI is InChI=1S/C13H24N2O3/c1-10(7-12-3-2-5-18-12)15-13(16)8-11-9-17-6-4-14-11/h10-12,14H,2-9H2,1H3,(H,15,16). The molecule has 0 radical (unpaired) electrons. The van der Waals surface area contributed by atoms with Crippen molar-refractivity contribution < 1.29 is 14.3 Å². The summed E-state index contributed by atoms with van der Waals surface area (Å²) < 4.78 is 10.9. The normalized spacial score (nSPS) is 30.1. The Labute approximate surface area is 109 Å². The van der Waals surface area contributed by atoms with E-state index < -0.39 is 0 Å². The van der Waals surface area contributed by atoms with E-state index in [-0.39, 0.29) is 18.0 Å². The van der Waals surface area contributed by atoms with Gasteiger partial charge in [0, 0.05) is 31.7 Å². The van der Waals surface area contributed by atoms with Gasteiger partial charge in [-0.15, -0.1) is 0 Å². The number of ether oxygens (including phenoxy) is 2. The van der Waals surface area contributed by atoms with Crippen LogP contribution in [0.4, 0.5) is 0 Å². The first-order valence-corrected chi connectivity index (χ1v) is 6.96. The molecule has 18 heavy (non-hydrogen) atoms. The van der Waals surface area contributed by atoms with Crippen molar-refractivity contribution in [3.63, 3.8) is 0 Å². The molecule has 2 rings (SSSR count). The van der Waals surface area contributed by atoms with Crippen LogP contribution in [0, 0.1) is 0 Å². The van der Waals surface area contributed by atoms with E-state index in [2.05, 4.69) is 10.6 Å². The smallest absolute Gasteiger partial charge is 0.221 e. The fourth-order valence-corrected chi connectivity index (χ4v) is 2.59. The molecule has 2 N–H and O–H groups in total. The van der Waals surface area contributed by atoms with Crippen molar-refractivity contribution in [1.29, 1.82) is 0 Å². The lowest BCUT2D eigenvalue weighted by atomic mass is 10.1. The fourth-order valence-electron chi connectivity index (χ4n) is 2.59. The Hall–Kier alpha value is -0.650. The van der Waals surface area contributed by atoms with Crippen molar-refractivity contribution in [3.05, 3.63) is 0 Å². The van der Waals surface area contributed by atoms with Crippen molar-refractivity contribution in [1.82, 2.24) is 10.6 Å². The Morgan fingerprint density at radius 3 is 3.06 bits per heavy atom. The Morgan fingerprint density at radius 2 is 2.39 bits per heavy atom. The molecular weight excluding hydrogens is 232 g/mol. The molecule has 0 aliphatic carbocycles. The molecule has 2 aliphatic heterocycles. The van der Waals surface area contributed by atoms with Crippen LogP contribution in [0.15, 0.2) is 0 Å². The van der Waals surface area contributed by atoms with Gasteiger partial charge in [-0.3, -0.25) is 4.79 Å². The van der Waals surface area contributed by atoms with E-state index in [9.17, 15) is 4.79 Å². The van der Waals surface area contributed by atoms with E-state index in [1.54, 1.807) is 0 Å². The zero-order valence-corrected chi connectivity index (χ0v) is 11.1. The lowest BCUT2D eigenvalue weighted by Crippen LogP contribution is -2.45. The van der Waals surface area contributed by atoms with E-state index >= 15 is 0 Å². The average molecular weight is 256 g/mol. The lowest BCUT2D eigenvalue weighted by Gasteiger charge is -2.24. The van der Waals surface area contributed by atoms with Crippen molar-refractivity contribution in [2.45, 2.75) is 50.8 Å². The molecule has 0 aromatic rings. The van der Waals surface area contributed by atoms with E-state index in [0.717, 1.165) is 39.0 Å². The summed E-state index contributed by atoms with van der Waals surface area (Å²) >= 11 is 0. The molecule has 104 valence electrons. The van der Waals surface area contributed by atoms with Gasteiger partial charge in [-0.2, -0.15) is 0 Å². The molecule has 0 spiro atoms. The SMILES string of the molecule is CC(CC1CCCO1)NC(=O)CC1COCCN1. The summed E-state index contributed by atoms with van der Waals surface area (Å²) in [7, 11) is 0. The third-order valence-corrected chi connectivity index (χ3v) is 3.48. The molecule has 3 atom stereocenters. The maximum absolute atomic E-state index is 11.8. The van der Waals surface area contributed by atoms with Crippen LogP contribution in [0.2, 0.25) is 0 Å². The van der Waals surface area contributed by atoms with Gasteiger partial charge >= 0.3 is 0 Å². The molecule has 0 aromatic heterocycles. The number of hydrogen-bond acceptors (Lipinski definition) is 4. The quantitative estimate of drug-likeness (QED) is 0.749. The Kier molecular flexibility index (Phi) is 5.41. The van der Waals surface area contributed by atoms with Crippen LogP contribution >= 0.6 is 0 Å². The van der Waals surface area contributed by atoms with Crippen LogP contribution in [0.25, 0.3) is 0 Å². The van der Waals surface area contributed by atoms with Crippen molar-refractivity contribution >= 4 is 5.91 Å². The second-order valence-electron chi connectivity index (χ2n) is 5.27. The monoisotopic (exact) mass is 256 g/mol. The highest BCUT2D eigenvalue weighted by molar-refractivity contribution is 5.76. The topological polar surface area (TPSA) is 59.6 Å². The minimum atomic E-state index is 0.100. The van der Waals surface area contributed by atoms with Crippen LogP contribution in [-0.4, -0.2) is 50.5 Å². The fraction of sp³-hybridized carbons (Fsp3) is 0.923. The van der Waals surface area contributed by atoms with Crippen LogP contribution in [0.3, 0.4) is 0 Å². The van der Waals surface area contributed by atoms with Gasteiger partial charge in [0.25, 0.3) is 0 Å². The summed E-state index contributed by atoms with van der Waals surface area (Å²) in [6.45, 7) is 5.13. The Morgan fingerprint density at radius 1 is 1.50 bits per heavy atom. The number of carbonyl (C=O) groups is 1. The predicted octanol–water partition coefficient (Wildman–Crippen LogP) is 0.439. The lowest BCUT2D eigenvalue weighted by molar-refractivity contribution is -0.123. The molecule has 0 aromatic carbocycles. The number of rotatable bonds is 5. The molecule has 2 fully saturated rings. The summed E-state index contributed by atoms with van der Waals surface area (Å²) in [6, 6.07) is 0.346. The maximum atomic E-state index is 11.8. The Bertz CT molecular complexity index is 261. The van der Waals surface area contributed by atoms with Crippen molar-refractivity contribution in [3.8, 4) is 0 Å². The second-order valence-corrected chi connectivity index (χ2v) is 5.27. The molecule has 5 nitrogen and oxygen atoms in total. The van der Waals surface area contributed by atoms with E-state index in [4.69, 9.17) is 9.47 Å². The third-order valence-electron chi connectivity index (χ3n) is 3.48. The molecule has 0 bridgehead atoms. The zero-order chi connectivity index (χ0) is 12.8. The highest BCUT2D eigenvalue weighted by Gasteiger charge is 2.21. The molecule has 2 heterocycles. The summed E-state index contributed by atoms with van der Waals surface area (Å²) in [4.78, 5) is 11.8. The average Bonchev–Trinajstić information content (AvgIpc) is 2.82. The summed E-state index contributed by atoms with van der Waals surface area (Å²) in [6.07, 6.45) is 4.01. The van der Waals surface area contributed by atoms with Crippen molar-refractivity contribution in [2.24, 2.45) is 0 Å². The van der Waals surface area contributed by atoms with Gasteiger partial charge < -0.3 is 20.1 Å². The van der Waals surface area contributed by atoms with Gasteiger partial charge in [0.05, 0.1) is 19.3 Å². The zero-order valence-electron chi connectivity index (χ0n) is 11.1. The minimum absolute atomic E-state index is 0.100. The third kappa shape index (κ3) is 4.55. The van der Waals surface area contributed by atoms with E-state index in [1.165, 1.54) is 0 Å². The van der Waals surface area contributed by atoms with Gasteiger partial charge in [0.15, 0.2) is 0 Å². The predicted molar refractivity (Wildman–Crippen MR) is 68.4 cm³/mol. The molecule has 5 heteroatoms. The summed E-state index contributed by atoms with van der Waals surface area (Å²) in [5.41, 5.74) is 0. The first-order valence-electron chi connectivity index (χ1n) is 6.96. The number of carbonyl (C=O) groups excluding carboxylic acids is 1. The number of amides is 1. The van der Waals surface area contributed by atoms with Crippen LogP contribution < -0.4 is 10.6 Å². The number of hydrogen-bond donors (Lipinski definition) is 2. The van der Waals surface area contributed by atoms with Crippen LogP contribution in [-0.2, 0) is 14.3 Å². The van der Waals surface area contributed by atoms with Crippen LogP contribution in [0.1, 0.15) is 32.6 Å². The minimum Gasteiger partial charge on any atom is -0.378 e.